The summed E-state index contributed by atoms with van der Waals surface area (Å²) in [6.07, 6.45) is 3.69. The number of anilines is 1. The standard InChI is InChI=1S/C18H24N6O3/c1-2-12(9-21-23-18(20)27)22-16(25)14-8-11-5-3-4-10-6-7-13(19)17(26)24(14)15(10)11/h3-5,9,12-14H,2,6-8,19H2,1H3,(H,22,25)(H3,20,23,27)/b21-9+/t12-,13-,14-/m0/s1. The maximum Gasteiger partial charge on any atom is 0.332 e. The number of amides is 4. The van der Waals surface area contributed by atoms with Gasteiger partial charge in [0.25, 0.3) is 0 Å². The first-order valence-electron chi connectivity index (χ1n) is 9.00. The number of primary amides is 1. The van der Waals surface area contributed by atoms with Gasteiger partial charge in [-0.15, -0.1) is 0 Å². The van der Waals surface area contributed by atoms with Crippen molar-refractivity contribution in [3.63, 3.8) is 0 Å². The molecular formula is C18H24N6O3. The largest absolute Gasteiger partial charge is 0.350 e. The molecule has 0 spiro atoms. The van der Waals surface area contributed by atoms with E-state index in [0.29, 0.717) is 25.7 Å². The molecule has 2 heterocycles. The normalized spacial score (nSPS) is 22.3. The number of urea groups is 1. The fourth-order valence-corrected chi connectivity index (χ4v) is 3.58. The summed E-state index contributed by atoms with van der Waals surface area (Å²) >= 11 is 0. The van der Waals surface area contributed by atoms with Gasteiger partial charge in [0.05, 0.1) is 17.8 Å². The lowest BCUT2D eigenvalue weighted by Gasteiger charge is -2.27. The molecule has 3 rings (SSSR count). The van der Waals surface area contributed by atoms with Crippen LogP contribution < -0.4 is 27.1 Å². The van der Waals surface area contributed by atoms with Gasteiger partial charge in [-0.05, 0) is 30.4 Å². The Morgan fingerprint density at radius 2 is 2.15 bits per heavy atom. The van der Waals surface area contributed by atoms with Crippen LogP contribution in [0.1, 0.15) is 30.9 Å². The molecule has 1 aromatic rings. The maximum absolute atomic E-state index is 12.9. The van der Waals surface area contributed by atoms with E-state index in [1.165, 1.54) is 6.21 Å². The van der Waals surface area contributed by atoms with Crippen molar-refractivity contribution >= 4 is 29.7 Å². The Balaban J connectivity index is 1.81. The predicted molar refractivity (Wildman–Crippen MR) is 101 cm³/mol. The quantitative estimate of drug-likeness (QED) is 0.418. The predicted octanol–water partition coefficient (Wildman–Crippen LogP) is -0.233. The Morgan fingerprint density at radius 1 is 1.41 bits per heavy atom. The molecule has 9 heteroatoms. The molecule has 0 bridgehead atoms. The van der Waals surface area contributed by atoms with E-state index in [-0.39, 0.29) is 11.8 Å². The average molecular weight is 372 g/mol. The van der Waals surface area contributed by atoms with E-state index in [0.717, 1.165) is 16.8 Å². The second kappa shape index (κ2) is 7.75. The van der Waals surface area contributed by atoms with Crippen LogP contribution in [-0.4, -0.2) is 42.2 Å². The minimum absolute atomic E-state index is 0.226. The molecule has 0 saturated heterocycles. The molecule has 1 aromatic carbocycles. The number of hydrazone groups is 1. The molecule has 0 radical (unpaired) electrons. The second-order valence-electron chi connectivity index (χ2n) is 6.78. The number of carbonyl (C=O) groups is 3. The molecule has 4 amide bonds. The summed E-state index contributed by atoms with van der Waals surface area (Å²) in [4.78, 5) is 38.0. The first-order chi connectivity index (χ1) is 12.9. The van der Waals surface area contributed by atoms with E-state index in [9.17, 15) is 14.4 Å². The van der Waals surface area contributed by atoms with Gasteiger partial charge in [-0.1, -0.05) is 25.1 Å². The Bertz CT molecular complexity index is 793. The summed E-state index contributed by atoms with van der Waals surface area (Å²) in [6.45, 7) is 1.87. The molecule has 0 aliphatic carbocycles. The van der Waals surface area contributed by atoms with Crippen LogP contribution >= 0.6 is 0 Å². The summed E-state index contributed by atoms with van der Waals surface area (Å²) in [5.41, 5.74) is 15.9. The zero-order valence-corrected chi connectivity index (χ0v) is 15.1. The molecule has 144 valence electrons. The van der Waals surface area contributed by atoms with Gasteiger partial charge < -0.3 is 16.8 Å². The Hall–Kier alpha value is -2.94. The summed E-state index contributed by atoms with van der Waals surface area (Å²) in [5.74, 6) is -0.507. The maximum atomic E-state index is 12.9. The number of carbonyl (C=O) groups excluding carboxylic acids is 3. The van der Waals surface area contributed by atoms with Crippen LogP contribution in [0.3, 0.4) is 0 Å². The fraction of sp³-hybridized carbons (Fsp3) is 0.444. The summed E-state index contributed by atoms with van der Waals surface area (Å²) < 4.78 is 0. The monoisotopic (exact) mass is 372 g/mol. The lowest BCUT2D eigenvalue weighted by atomic mass is 10.0. The van der Waals surface area contributed by atoms with Crippen LogP contribution in [0.25, 0.3) is 0 Å². The number of aryl methyl sites for hydroxylation is 1. The van der Waals surface area contributed by atoms with Crippen molar-refractivity contribution in [1.82, 2.24) is 10.7 Å². The third-order valence-corrected chi connectivity index (χ3v) is 4.95. The molecule has 0 aromatic heterocycles. The van der Waals surface area contributed by atoms with Gasteiger partial charge in [0, 0.05) is 12.6 Å². The zero-order valence-electron chi connectivity index (χ0n) is 15.1. The van der Waals surface area contributed by atoms with Crippen LogP contribution in [0.5, 0.6) is 0 Å². The number of nitrogens with zero attached hydrogens (tertiary/aromatic N) is 2. The van der Waals surface area contributed by atoms with Crippen LogP contribution in [-0.2, 0) is 22.4 Å². The Morgan fingerprint density at radius 3 is 2.85 bits per heavy atom. The number of nitrogens with one attached hydrogen (secondary N) is 2. The molecule has 3 atom stereocenters. The van der Waals surface area contributed by atoms with Gasteiger partial charge in [-0.2, -0.15) is 5.10 Å². The highest BCUT2D eigenvalue weighted by Crippen LogP contribution is 2.38. The number of hydrogen-bond acceptors (Lipinski definition) is 5. The molecule has 2 aliphatic rings. The smallest absolute Gasteiger partial charge is 0.332 e. The molecule has 0 unspecified atom stereocenters. The third-order valence-electron chi connectivity index (χ3n) is 4.95. The van der Waals surface area contributed by atoms with Gasteiger partial charge in [0.1, 0.15) is 6.04 Å². The Kier molecular flexibility index (Phi) is 5.41. The van der Waals surface area contributed by atoms with Gasteiger partial charge >= 0.3 is 6.03 Å². The van der Waals surface area contributed by atoms with E-state index in [2.05, 4.69) is 15.8 Å². The molecular weight excluding hydrogens is 348 g/mol. The number of nitrogens with two attached hydrogens (primary N) is 2. The molecule has 27 heavy (non-hydrogen) atoms. The van der Waals surface area contributed by atoms with Crippen molar-refractivity contribution in [2.24, 2.45) is 16.6 Å². The summed E-state index contributed by atoms with van der Waals surface area (Å²) in [6, 6.07) is 3.42. The molecule has 2 aliphatic heterocycles. The van der Waals surface area contributed by atoms with Crippen LogP contribution in [0, 0.1) is 0 Å². The highest BCUT2D eigenvalue weighted by molar-refractivity contribution is 6.07. The SMILES string of the molecule is CC[C@@H](/C=N/NC(N)=O)NC(=O)[C@@H]1Cc2cccc3c2N1C(=O)[C@@H](N)CC3. The van der Waals surface area contributed by atoms with Crippen molar-refractivity contribution in [2.75, 3.05) is 4.90 Å². The topological polar surface area (TPSA) is 143 Å². The van der Waals surface area contributed by atoms with Gasteiger partial charge in [0.2, 0.25) is 11.8 Å². The molecule has 0 saturated carbocycles. The molecule has 0 fully saturated rings. The first kappa shape index (κ1) is 18.8. The highest BCUT2D eigenvalue weighted by Gasteiger charge is 2.42. The first-order valence-corrected chi connectivity index (χ1v) is 9.00. The van der Waals surface area contributed by atoms with Crippen LogP contribution in [0.15, 0.2) is 23.3 Å². The number of rotatable bonds is 5. The van der Waals surface area contributed by atoms with E-state index < -0.39 is 24.2 Å². The van der Waals surface area contributed by atoms with Crippen molar-refractivity contribution in [3.05, 3.63) is 29.3 Å². The van der Waals surface area contributed by atoms with Gasteiger partial charge in [0.15, 0.2) is 0 Å². The zero-order chi connectivity index (χ0) is 19.6. The van der Waals surface area contributed by atoms with E-state index in [1.807, 2.05) is 25.1 Å². The van der Waals surface area contributed by atoms with Crippen molar-refractivity contribution in [3.8, 4) is 0 Å². The summed E-state index contributed by atoms with van der Waals surface area (Å²) in [5, 5.41) is 6.57. The van der Waals surface area contributed by atoms with Crippen LogP contribution in [0.4, 0.5) is 10.5 Å². The minimum atomic E-state index is -0.782. The minimum Gasteiger partial charge on any atom is -0.350 e. The van der Waals surface area contributed by atoms with Gasteiger partial charge in [-0.25, -0.2) is 10.2 Å². The van der Waals surface area contributed by atoms with E-state index >= 15 is 0 Å². The Labute approximate surface area is 157 Å². The van der Waals surface area contributed by atoms with Crippen molar-refractivity contribution in [1.29, 1.82) is 0 Å². The lowest BCUT2D eigenvalue weighted by molar-refractivity contribution is -0.126. The van der Waals surface area contributed by atoms with E-state index in [4.69, 9.17) is 11.5 Å². The van der Waals surface area contributed by atoms with Gasteiger partial charge in [-0.3, -0.25) is 14.5 Å². The lowest BCUT2D eigenvalue weighted by Crippen LogP contribution is -2.54. The third kappa shape index (κ3) is 3.77. The second-order valence-corrected chi connectivity index (χ2v) is 6.78. The molecule has 9 nitrogen and oxygen atoms in total. The fourth-order valence-electron chi connectivity index (χ4n) is 3.58. The number of para-hydroxylation sites is 1. The number of hydrogen-bond donors (Lipinski definition) is 4. The summed E-state index contributed by atoms with van der Waals surface area (Å²) in [7, 11) is 0. The van der Waals surface area contributed by atoms with E-state index in [1.54, 1.807) is 4.90 Å². The van der Waals surface area contributed by atoms with Crippen molar-refractivity contribution in [2.45, 2.75) is 50.7 Å². The van der Waals surface area contributed by atoms with Crippen molar-refractivity contribution < 1.29 is 14.4 Å². The average Bonchev–Trinajstić information content (AvgIpc) is 2.98. The highest BCUT2D eigenvalue weighted by atomic mass is 16.2. The number of benzene rings is 1. The van der Waals surface area contributed by atoms with Crippen LogP contribution in [0.2, 0.25) is 0 Å². The molecule has 6 N–H and O–H groups in total.